The number of benzene rings is 1. The Bertz CT molecular complexity index is 576. The fraction of sp³-hybridized carbons (Fsp3) is 0.250. The molecule has 0 bridgehead atoms. The summed E-state index contributed by atoms with van der Waals surface area (Å²) >= 11 is 2.83. The molecule has 0 unspecified atom stereocenters. The highest BCUT2D eigenvalue weighted by Crippen LogP contribution is 2.30. The summed E-state index contributed by atoms with van der Waals surface area (Å²) in [4.78, 5) is 0. The van der Waals surface area contributed by atoms with E-state index in [9.17, 15) is 0 Å². The van der Waals surface area contributed by atoms with Crippen LogP contribution in [0.5, 0.6) is 5.75 Å². The predicted molar refractivity (Wildman–Crippen MR) is 77.1 cm³/mol. The van der Waals surface area contributed by atoms with E-state index < -0.39 is 0 Å². The van der Waals surface area contributed by atoms with Gasteiger partial charge in [0.25, 0.3) is 0 Å². The Morgan fingerprint density at radius 1 is 1.37 bits per heavy atom. The lowest BCUT2D eigenvalue weighted by molar-refractivity contribution is 0.415. The molecular weight excluding hydrogens is 280 g/mol. The summed E-state index contributed by atoms with van der Waals surface area (Å²) in [5.41, 5.74) is 0.918. The lowest BCUT2D eigenvalue weighted by Crippen LogP contribution is -1.89. The first-order valence-electron chi connectivity index (χ1n) is 5.52. The van der Waals surface area contributed by atoms with Crippen molar-refractivity contribution >= 4 is 33.9 Å². The van der Waals surface area contributed by atoms with E-state index in [4.69, 9.17) is 10.00 Å². The second-order valence-electron chi connectivity index (χ2n) is 3.62. The first-order valence-corrected chi connectivity index (χ1v) is 7.21. The van der Waals surface area contributed by atoms with Gasteiger partial charge in [-0.15, -0.1) is 10.2 Å². The number of thioether (sulfide) groups is 1. The van der Waals surface area contributed by atoms with Crippen LogP contribution in [0.2, 0.25) is 0 Å². The van der Waals surface area contributed by atoms with Gasteiger partial charge in [0.05, 0.1) is 18.4 Å². The van der Waals surface area contributed by atoms with Gasteiger partial charge >= 0.3 is 0 Å². The number of hydrogen-bond donors (Lipinski definition) is 1. The van der Waals surface area contributed by atoms with E-state index in [0.29, 0.717) is 5.13 Å². The van der Waals surface area contributed by atoms with Gasteiger partial charge < -0.3 is 10.1 Å². The molecule has 2 rings (SSSR count). The number of rotatable bonds is 5. The average molecular weight is 292 g/mol. The molecule has 7 heteroatoms. The molecule has 5 nitrogen and oxygen atoms in total. The van der Waals surface area contributed by atoms with Crippen molar-refractivity contribution in [2.24, 2.45) is 0 Å². The lowest BCUT2D eigenvalue weighted by atomic mass is 10.3. The minimum absolute atomic E-state index is 0.123. The second-order valence-corrected chi connectivity index (χ2v) is 6.18. The smallest absolute Gasteiger partial charge is 0.210 e. The molecule has 1 N–H and O–H groups in total. The lowest BCUT2D eigenvalue weighted by Gasteiger charge is -2.03. The van der Waals surface area contributed by atoms with Crippen LogP contribution < -0.4 is 10.1 Å². The zero-order valence-corrected chi connectivity index (χ0v) is 12.1. The molecule has 0 spiro atoms. The Morgan fingerprint density at radius 3 is 2.74 bits per heavy atom. The largest absolute Gasteiger partial charge is 0.497 e. The van der Waals surface area contributed by atoms with Crippen LogP contribution in [-0.2, 0) is 0 Å². The van der Waals surface area contributed by atoms with E-state index in [-0.39, 0.29) is 5.25 Å². The molecule has 98 valence electrons. The number of nitrogens with one attached hydrogen (secondary N) is 1. The third-order valence-electron chi connectivity index (χ3n) is 2.21. The van der Waals surface area contributed by atoms with Gasteiger partial charge in [0.15, 0.2) is 4.34 Å². The Hall–Kier alpha value is -1.78. The second kappa shape index (κ2) is 6.41. The molecule has 0 amide bonds. The summed E-state index contributed by atoms with van der Waals surface area (Å²) in [6.07, 6.45) is 0. The molecule has 1 aromatic heterocycles. The van der Waals surface area contributed by atoms with E-state index >= 15 is 0 Å². The first-order chi connectivity index (χ1) is 9.21. The van der Waals surface area contributed by atoms with Crippen LogP contribution in [-0.4, -0.2) is 22.6 Å². The van der Waals surface area contributed by atoms with Crippen molar-refractivity contribution in [3.63, 3.8) is 0 Å². The molecule has 0 aliphatic carbocycles. The van der Waals surface area contributed by atoms with Crippen LogP contribution in [0.4, 0.5) is 10.8 Å². The first kappa shape index (κ1) is 13.6. The Balaban J connectivity index is 2.01. The van der Waals surface area contributed by atoms with Gasteiger partial charge in [-0.2, -0.15) is 5.26 Å². The molecule has 0 aliphatic rings. The van der Waals surface area contributed by atoms with Crippen LogP contribution >= 0.6 is 23.1 Å². The number of nitrogens with zero attached hydrogens (tertiary/aromatic N) is 3. The van der Waals surface area contributed by atoms with Crippen LogP contribution in [0.3, 0.4) is 0 Å². The Morgan fingerprint density at radius 2 is 2.11 bits per heavy atom. The summed E-state index contributed by atoms with van der Waals surface area (Å²) in [5.74, 6) is 0.807. The number of anilines is 2. The van der Waals surface area contributed by atoms with Crippen LogP contribution in [0.15, 0.2) is 28.6 Å². The normalized spacial score (nSPS) is 11.6. The minimum Gasteiger partial charge on any atom is -0.497 e. The maximum Gasteiger partial charge on any atom is 0.210 e. The minimum atomic E-state index is -0.123. The maximum atomic E-state index is 8.75. The van der Waals surface area contributed by atoms with Gasteiger partial charge in [-0.25, -0.2) is 0 Å². The quantitative estimate of drug-likeness (QED) is 0.853. The summed E-state index contributed by atoms with van der Waals surface area (Å²) in [5, 5.41) is 20.6. The number of nitriles is 1. The molecule has 2 aromatic rings. The highest BCUT2D eigenvalue weighted by molar-refractivity contribution is 8.01. The van der Waals surface area contributed by atoms with Crippen molar-refractivity contribution in [2.75, 3.05) is 12.4 Å². The molecule has 1 heterocycles. The fourth-order valence-corrected chi connectivity index (χ4v) is 3.09. The van der Waals surface area contributed by atoms with Gasteiger partial charge in [-0.1, -0.05) is 23.1 Å². The van der Waals surface area contributed by atoms with Crippen LogP contribution in [0.1, 0.15) is 6.92 Å². The molecule has 0 saturated heterocycles. The molecule has 1 aromatic carbocycles. The highest BCUT2D eigenvalue weighted by Gasteiger charge is 2.09. The monoisotopic (exact) mass is 292 g/mol. The van der Waals surface area contributed by atoms with E-state index in [1.165, 1.54) is 23.1 Å². The van der Waals surface area contributed by atoms with E-state index in [0.717, 1.165) is 15.8 Å². The van der Waals surface area contributed by atoms with Crippen LogP contribution in [0.25, 0.3) is 0 Å². The van der Waals surface area contributed by atoms with Crippen molar-refractivity contribution in [3.05, 3.63) is 24.3 Å². The summed E-state index contributed by atoms with van der Waals surface area (Å²) < 4.78 is 5.87. The van der Waals surface area contributed by atoms with E-state index in [1.807, 2.05) is 31.2 Å². The van der Waals surface area contributed by atoms with Gasteiger partial charge in [0.1, 0.15) is 5.75 Å². The standard InChI is InChI=1S/C12H12N4OS2/c1-8(7-13)18-12-16-15-11(19-12)14-9-3-5-10(17-2)6-4-9/h3-6,8H,1-2H3,(H,14,15)/t8-/m1/s1. The number of ether oxygens (including phenoxy) is 1. The summed E-state index contributed by atoms with van der Waals surface area (Å²) in [7, 11) is 1.63. The summed E-state index contributed by atoms with van der Waals surface area (Å²) in [6.45, 7) is 1.84. The van der Waals surface area contributed by atoms with Crippen molar-refractivity contribution in [3.8, 4) is 11.8 Å². The average Bonchev–Trinajstić information content (AvgIpc) is 2.86. The Kier molecular flexibility index (Phi) is 4.60. The van der Waals surface area contributed by atoms with Gasteiger partial charge in [0.2, 0.25) is 5.13 Å². The molecule has 0 saturated carbocycles. The van der Waals surface area contributed by atoms with Crippen LogP contribution in [0, 0.1) is 11.3 Å². The van der Waals surface area contributed by atoms with Crippen molar-refractivity contribution in [2.45, 2.75) is 16.5 Å². The molecular formula is C12H12N4OS2. The molecule has 19 heavy (non-hydrogen) atoms. The SMILES string of the molecule is COc1ccc(Nc2nnc(S[C@H](C)C#N)s2)cc1. The van der Waals surface area contributed by atoms with Crippen molar-refractivity contribution in [1.82, 2.24) is 10.2 Å². The highest BCUT2D eigenvalue weighted by atomic mass is 32.2. The van der Waals surface area contributed by atoms with E-state index in [1.54, 1.807) is 7.11 Å². The van der Waals surface area contributed by atoms with Gasteiger partial charge in [0, 0.05) is 5.69 Å². The number of aromatic nitrogens is 2. The van der Waals surface area contributed by atoms with Gasteiger partial charge in [-0.05, 0) is 31.2 Å². The number of hydrogen-bond acceptors (Lipinski definition) is 7. The van der Waals surface area contributed by atoms with E-state index in [2.05, 4.69) is 21.6 Å². The molecule has 0 aliphatic heterocycles. The summed E-state index contributed by atoms with van der Waals surface area (Å²) in [6, 6.07) is 9.71. The van der Waals surface area contributed by atoms with Crippen molar-refractivity contribution in [1.29, 1.82) is 5.26 Å². The van der Waals surface area contributed by atoms with Gasteiger partial charge in [-0.3, -0.25) is 0 Å². The Labute approximate surface area is 119 Å². The molecule has 0 radical (unpaired) electrons. The molecule has 0 fully saturated rings. The molecule has 1 atom stereocenters. The number of methoxy groups -OCH3 is 1. The fourth-order valence-electron chi connectivity index (χ4n) is 1.28. The zero-order valence-electron chi connectivity index (χ0n) is 10.5. The third-order valence-corrected chi connectivity index (χ3v) is 4.12. The van der Waals surface area contributed by atoms with Crippen molar-refractivity contribution < 1.29 is 4.74 Å². The zero-order chi connectivity index (χ0) is 13.7. The maximum absolute atomic E-state index is 8.75. The predicted octanol–water partition coefficient (Wildman–Crippen LogP) is 3.29. The topological polar surface area (TPSA) is 70.8 Å². The third kappa shape index (κ3) is 3.84.